The number of hydrogen-bond acceptors (Lipinski definition) is 6. The third-order valence-electron chi connectivity index (χ3n) is 6.04. The summed E-state index contributed by atoms with van der Waals surface area (Å²) >= 11 is 3.31. The topological polar surface area (TPSA) is 69.0 Å². The van der Waals surface area contributed by atoms with E-state index in [1.54, 1.807) is 23.1 Å². The van der Waals surface area contributed by atoms with Gasteiger partial charge >= 0.3 is 0 Å². The van der Waals surface area contributed by atoms with Crippen LogP contribution in [0.15, 0.2) is 42.5 Å². The van der Waals surface area contributed by atoms with Crippen molar-refractivity contribution in [2.45, 2.75) is 26.2 Å². The molecule has 0 spiro atoms. The molecular weight excluding hydrogens is 440 g/mol. The van der Waals surface area contributed by atoms with Gasteiger partial charge in [0, 0.05) is 27.5 Å². The fraction of sp³-hybridized carbons (Fsp3) is 0.208. The number of carbonyl (C=O) groups excluding carboxylic acids is 1. The third-order valence-corrected chi connectivity index (χ3v) is 8.13. The molecule has 0 radical (unpaired) electrons. The van der Waals surface area contributed by atoms with Gasteiger partial charge in [-0.05, 0) is 49.1 Å². The third kappa shape index (κ3) is 2.87. The first-order chi connectivity index (χ1) is 15.5. The van der Waals surface area contributed by atoms with Gasteiger partial charge in [-0.25, -0.2) is 4.98 Å². The van der Waals surface area contributed by atoms with Crippen LogP contribution < -0.4 is 10.1 Å². The van der Waals surface area contributed by atoms with E-state index in [4.69, 9.17) is 14.8 Å². The molecular formula is C24H20N4O2S2. The molecule has 4 heterocycles. The highest BCUT2D eigenvalue weighted by atomic mass is 32.1. The minimum atomic E-state index is -0.0295. The lowest BCUT2D eigenvalue weighted by Gasteiger charge is -2.24. The molecule has 0 aliphatic carbocycles. The number of benzene rings is 2. The molecule has 2 aromatic carbocycles. The number of nitrogens with zero attached hydrogens (tertiary/aromatic N) is 3. The number of hydrogen-bond donors (Lipinski definition) is 1. The molecule has 3 aromatic heterocycles. The molecule has 1 atom stereocenters. The predicted octanol–water partition coefficient (Wildman–Crippen LogP) is 5.80. The van der Waals surface area contributed by atoms with E-state index >= 15 is 0 Å². The number of aryl methyl sites for hydroxylation is 2. The highest BCUT2D eigenvalue weighted by molar-refractivity contribution is 7.20. The van der Waals surface area contributed by atoms with Crippen molar-refractivity contribution in [3.05, 3.63) is 64.2 Å². The molecule has 1 N–H and O–H groups in total. The monoisotopic (exact) mass is 460 g/mol. The lowest BCUT2D eigenvalue weighted by Crippen LogP contribution is -2.25. The zero-order valence-corrected chi connectivity index (χ0v) is 19.4. The summed E-state index contributed by atoms with van der Waals surface area (Å²) in [5.74, 6) is 1.49. The number of fused-ring (bicyclic) bond motifs is 3. The van der Waals surface area contributed by atoms with Crippen LogP contribution in [0.5, 0.6) is 5.75 Å². The number of thiazole rings is 1. The van der Waals surface area contributed by atoms with Gasteiger partial charge in [0.2, 0.25) is 11.0 Å². The highest BCUT2D eigenvalue weighted by Gasteiger charge is 2.35. The van der Waals surface area contributed by atoms with E-state index in [1.165, 1.54) is 31.9 Å². The number of amides is 1. The lowest BCUT2D eigenvalue weighted by molar-refractivity contribution is -0.116. The quantitative estimate of drug-likeness (QED) is 0.370. The van der Waals surface area contributed by atoms with Crippen LogP contribution in [0, 0.1) is 13.8 Å². The summed E-state index contributed by atoms with van der Waals surface area (Å²) in [4.78, 5) is 18.9. The maximum Gasteiger partial charge on any atom is 0.226 e. The summed E-state index contributed by atoms with van der Waals surface area (Å²) < 4.78 is 9.40. The molecule has 0 unspecified atom stereocenters. The molecule has 160 valence electrons. The van der Waals surface area contributed by atoms with Crippen LogP contribution in [0.3, 0.4) is 0 Å². The van der Waals surface area contributed by atoms with Crippen molar-refractivity contribution in [3.63, 3.8) is 0 Å². The normalized spacial score (nSPS) is 15.8. The maximum atomic E-state index is 12.8. The van der Waals surface area contributed by atoms with Crippen LogP contribution >= 0.6 is 22.7 Å². The van der Waals surface area contributed by atoms with Crippen molar-refractivity contribution in [1.29, 1.82) is 0 Å². The van der Waals surface area contributed by atoms with Crippen molar-refractivity contribution in [2.24, 2.45) is 0 Å². The predicted molar refractivity (Wildman–Crippen MR) is 130 cm³/mol. The minimum Gasteiger partial charge on any atom is -0.497 e. The van der Waals surface area contributed by atoms with Crippen LogP contribution in [0.1, 0.15) is 34.0 Å². The van der Waals surface area contributed by atoms with Gasteiger partial charge in [0.05, 0.1) is 23.0 Å². The van der Waals surface area contributed by atoms with E-state index in [1.807, 2.05) is 25.1 Å². The molecule has 6 nitrogen and oxygen atoms in total. The molecule has 0 fully saturated rings. The number of aromatic nitrogens is 3. The Morgan fingerprint density at radius 1 is 1.09 bits per heavy atom. The first kappa shape index (κ1) is 19.5. The molecule has 6 rings (SSSR count). The highest BCUT2D eigenvalue weighted by Crippen LogP contribution is 2.46. The second-order valence-electron chi connectivity index (χ2n) is 7.96. The summed E-state index contributed by atoms with van der Waals surface area (Å²) in [6, 6.07) is 14.2. The van der Waals surface area contributed by atoms with Crippen LogP contribution in [0.4, 0.5) is 5.82 Å². The molecule has 1 amide bonds. The number of thiophene rings is 1. The Labute approximate surface area is 192 Å². The summed E-state index contributed by atoms with van der Waals surface area (Å²) in [7, 11) is 1.65. The van der Waals surface area contributed by atoms with Gasteiger partial charge < -0.3 is 10.1 Å². The average Bonchev–Trinajstić information content (AvgIpc) is 3.45. The van der Waals surface area contributed by atoms with E-state index in [2.05, 4.69) is 36.5 Å². The number of carbonyl (C=O) groups is 1. The van der Waals surface area contributed by atoms with Gasteiger partial charge in [-0.1, -0.05) is 29.5 Å². The lowest BCUT2D eigenvalue weighted by atomic mass is 9.84. The zero-order valence-electron chi connectivity index (χ0n) is 17.8. The Morgan fingerprint density at radius 3 is 2.78 bits per heavy atom. The van der Waals surface area contributed by atoms with Crippen LogP contribution in [-0.4, -0.2) is 27.8 Å². The van der Waals surface area contributed by atoms with Gasteiger partial charge in [0.25, 0.3) is 0 Å². The largest absolute Gasteiger partial charge is 0.497 e. The van der Waals surface area contributed by atoms with Crippen molar-refractivity contribution >= 4 is 54.7 Å². The van der Waals surface area contributed by atoms with E-state index in [0.717, 1.165) is 38.2 Å². The van der Waals surface area contributed by atoms with Crippen molar-refractivity contribution in [3.8, 4) is 10.9 Å². The van der Waals surface area contributed by atoms with Gasteiger partial charge in [0.1, 0.15) is 11.6 Å². The Bertz CT molecular complexity index is 1530. The van der Waals surface area contributed by atoms with Crippen molar-refractivity contribution in [2.75, 3.05) is 12.4 Å². The molecule has 32 heavy (non-hydrogen) atoms. The van der Waals surface area contributed by atoms with Gasteiger partial charge in [-0.2, -0.15) is 9.78 Å². The number of ether oxygens (including phenoxy) is 1. The SMILES string of the molecule is COc1ccc2nc(-n3nc(C)c4c3NC(=O)C[C@H]4c3c(C)sc4ccccc34)sc2c1. The first-order valence-corrected chi connectivity index (χ1v) is 12.0. The number of rotatable bonds is 3. The smallest absolute Gasteiger partial charge is 0.226 e. The average molecular weight is 461 g/mol. The maximum absolute atomic E-state index is 12.8. The standard InChI is InChI=1S/C24H20N4O2S2/c1-12-21-16(22-13(2)31-18-7-5-4-6-15(18)22)11-20(29)26-23(21)28(27-12)24-25-17-9-8-14(30-3)10-19(17)32-24/h4-10,16H,11H2,1-3H3,(H,26,29)/t16-/m1/s1. The van der Waals surface area contributed by atoms with Crippen LogP contribution in [0.25, 0.3) is 25.4 Å². The Morgan fingerprint density at radius 2 is 1.94 bits per heavy atom. The molecule has 8 heteroatoms. The van der Waals surface area contributed by atoms with Crippen molar-refractivity contribution in [1.82, 2.24) is 14.8 Å². The molecule has 0 bridgehead atoms. The van der Waals surface area contributed by atoms with Gasteiger partial charge in [0.15, 0.2) is 0 Å². The number of methoxy groups -OCH3 is 1. The minimum absolute atomic E-state index is 0.00103. The molecule has 0 saturated heterocycles. The molecule has 1 aliphatic heterocycles. The van der Waals surface area contributed by atoms with E-state index < -0.39 is 0 Å². The first-order valence-electron chi connectivity index (χ1n) is 10.4. The molecule has 1 aliphatic rings. The van der Waals surface area contributed by atoms with Gasteiger partial charge in [-0.15, -0.1) is 11.3 Å². The number of nitrogens with one attached hydrogen (secondary N) is 1. The fourth-order valence-corrected chi connectivity index (χ4v) is 6.74. The molecule has 0 saturated carbocycles. The second-order valence-corrected chi connectivity index (χ2v) is 10.2. The summed E-state index contributed by atoms with van der Waals surface area (Å²) in [6.07, 6.45) is 0.415. The van der Waals surface area contributed by atoms with Gasteiger partial charge in [-0.3, -0.25) is 4.79 Å². The Hall–Kier alpha value is -3.23. The number of anilines is 1. The molecule has 5 aromatic rings. The Kier molecular flexibility index (Phi) is 4.34. The van der Waals surface area contributed by atoms with E-state index in [0.29, 0.717) is 6.42 Å². The fourth-order valence-electron chi connectivity index (χ4n) is 4.66. The zero-order chi connectivity index (χ0) is 22.0. The van der Waals surface area contributed by atoms with E-state index in [-0.39, 0.29) is 11.8 Å². The summed E-state index contributed by atoms with van der Waals surface area (Å²) in [6.45, 7) is 4.16. The second kappa shape index (κ2) is 7.15. The van der Waals surface area contributed by atoms with Crippen LogP contribution in [0.2, 0.25) is 0 Å². The summed E-state index contributed by atoms with van der Waals surface area (Å²) in [5.41, 5.74) is 4.11. The summed E-state index contributed by atoms with van der Waals surface area (Å²) in [5, 5.41) is 9.86. The van der Waals surface area contributed by atoms with E-state index in [9.17, 15) is 4.79 Å². The van der Waals surface area contributed by atoms with Crippen LogP contribution in [-0.2, 0) is 4.79 Å². The van der Waals surface area contributed by atoms with Crippen molar-refractivity contribution < 1.29 is 9.53 Å². The Balaban J connectivity index is 1.54.